The Morgan fingerprint density at radius 2 is 1.71 bits per heavy atom. The topological polar surface area (TPSA) is 55.9 Å². The highest BCUT2D eigenvalue weighted by molar-refractivity contribution is 6.07. The number of carbonyl (C=O) groups excluding carboxylic acids is 2. The summed E-state index contributed by atoms with van der Waals surface area (Å²) in [5.41, 5.74) is 0.694. The molecule has 164 valence electrons. The second-order valence-corrected chi connectivity index (χ2v) is 9.46. The molecule has 1 N–H and O–H groups in total. The third kappa shape index (κ3) is 3.72. The summed E-state index contributed by atoms with van der Waals surface area (Å²) >= 11 is 0. The van der Waals surface area contributed by atoms with Gasteiger partial charge < -0.3 is 5.32 Å². The highest BCUT2D eigenvalue weighted by atomic mass is 16.2. The molecule has 0 bridgehead atoms. The fourth-order valence-electron chi connectivity index (χ4n) is 5.58. The van der Waals surface area contributed by atoms with Crippen LogP contribution in [0.15, 0.2) is 42.5 Å². The summed E-state index contributed by atoms with van der Waals surface area (Å²) in [7, 11) is 0. The molecule has 0 radical (unpaired) electrons. The predicted molar refractivity (Wildman–Crippen MR) is 121 cm³/mol. The Balaban J connectivity index is 1.19. The summed E-state index contributed by atoms with van der Waals surface area (Å²) in [5, 5.41) is 5.67. The van der Waals surface area contributed by atoms with Gasteiger partial charge in [0.2, 0.25) is 0 Å². The lowest BCUT2D eigenvalue weighted by Crippen LogP contribution is -2.55. The number of amides is 3. The Kier molecular flexibility index (Phi) is 5.44. The van der Waals surface area contributed by atoms with Crippen molar-refractivity contribution in [3.63, 3.8) is 0 Å². The molecule has 2 heterocycles. The minimum absolute atomic E-state index is 0.0112. The zero-order valence-electron chi connectivity index (χ0n) is 18.3. The van der Waals surface area contributed by atoms with Crippen molar-refractivity contribution in [3.8, 4) is 0 Å². The third-order valence-corrected chi connectivity index (χ3v) is 7.58. The van der Waals surface area contributed by atoms with Crippen molar-refractivity contribution >= 4 is 22.7 Å². The van der Waals surface area contributed by atoms with Crippen LogP contribution in [0.3, 0.4) is 0 Å². The molecule has 6 nitrogen and oxygen atoms in total. The number of urea groups is 1. The number of nitrogens with one attached hydrogen (secondary N) is 1. The fourth-order valence-corrected chi connectivity index (χ4v) is 5.58. The van der Waals surface area contributed by atoms with Crippen LogP contribution in [0.2, 0.25) is 0 Å². The molecule has 1 aliphatic carbocycles. The number of piperazine rings is 1. The van der Waals surface area contributed by atoms with Gasteiger partial charge in [-0.3, -0.25) is 14.6 Å². The maximum atomic E-state index is 13.2. The molecular formula is C25H32N4O2. The quantitative estimate of drug-likeness (QED) is 0.770. The Morgan fingerprint density at radius 3 is 2.52 bits per heavy atom. The second kappa shape index (κ2) is 8.24. The summed E-state index contributed by atoms with van der Waals surface area (Å²) in [6.07, 6.45) is 3.93. The van der Waals surface area contributed by atoms with E-state index in [4.69, 9.17) is 0 Å². The van der Waals surface area contributed by atoms with E-state index in [9.17, 15) is 9.59 Å². The molecule has 3 fully saturated rings. The van der Waals surface area contributed by atoms with Gasteiger partial charge in [-0.15, -0.1) is 0 Å². The monoisotopic (exact) mass is 420 g/mol. The van der Waals surface area contributed by atoms with Crippen LogP contribution in [-0.4, -0.2) is 65.0 Å². The molecule has 0 aromatic heterocycles. The van der Waals surface area contributed by atoms with E-state index in [1.165, 1.54) is 21.2 Å². The summed E-state index contributed by atoms with van der Waals surface area (Å²) in [4.78, 5) is 32.0. The Bertz CT molecular complexity index is 979. The summed E-state index contributed by atoms with van der Waals surface area (Å²) < 4.78 is 0. The SMILES string of the molecule is C[C@H]1CCCC[C@@]12NC(=O)N(CN1CCN(Cc3cccc4ccccc34)CC1)C2=O. The number of benzene rings is 2. The predicted octanol–water partition coefficient (Wildman–Crippen LogP) is 3.42. The van der Waals surface area contributed by atoms with Crippen molar-refractivity contribution in [1.82, 2.24) is 20.0 Å². The number of carbonyl (C=O) groups is 2. The third-order valence-electron chi connectivity index (χ3n) is 7.58. The van der Waals surface area contributed by atoms with Crippen molar-refractivity contribution in [2.24, 2.45) is 5.92 Å². The second-order valence-electron chi connectivity index (χ2n) is 9.46. The minimum atomic E-state index is -0.661. The number of nitrogens with zero attached hydrogens (tertiary/aromatic N) is 3. The lowest BCUT2D eigenvalue weighted by molar-refractivity contribution is -0.136. The molecule has 3 amide bonds. The maximum absolute atomic E-state index is 13.2. The van der Waals surface area contributed by atoms with Crippen LogP contribution in [0, 0.1) is 5.92 Å². The standard InChI is InChI=1S/C25H32N4O2/c1-19-7-4-5-12-25(19)23(30)29(24(31)26-25)18-28-15-13-27(14-16-28)17-21-10-6-9-20-8-2-3-11-22(20)21/h2-3,6,8-11,19H,4-5,7,12-18H2,1H3,(H,26,31)/t19-,25+/m0/s1. The highest BCUT2D eigenvalue weighted by Crippen LogP contribution is 2.38. The van der Waals surface area contributed by atoms with Crippen LogP contribution < -0.4 is 5.32 Å². The summed E-state index contributed by atoms with van der Waals surface area (Å²) in [5.74, 6) is 0.197. The molecular weight excluding hydrogens is 388 g/mol. The van der Waals surface area contributed by atoms with E-state index in [-0.39, 0.29) is 17.9 Å². The van der Waals surface area contributed by atoms with Crippen LogP contribution in [0.5, 0.6) is 0 Å². The number of rotatable bonds is 4. The average Bonchev–Trinajstić information content (AvgIpc) is 3.02. The van der Waals surface area contributed by atoms with Crippen LogP contribution in [0.4, 0.5) is 4.79 Å². The first-order chi connectivity index (χ1) is 15.1. The normalized spacial score (nSPS) is 27.9. The van der Waals surface area contributed by atoms with Gasteiger partial charge in [0.15, 0.2) is 0 Å². The van der Waals surface area contributed by atoms with E-state index in [1.807, 2.05) is 0 Å². The Hall–Kier alpha value is -2.44. The molecule has 1 spiro atoms. The average molecular weight is 421 g/mol. The molecule has 2 saturated heterocycles. The van der Waals surface area contributed by atoms with Crippen LogP contribution in [0.25, 0.3) is 10.8 Å². The van der Waals surface area contributed by atoms with Gasteiger partial charge in [0.1, 0.15) is 5.54 Å². The minimum Gasteiger partial charge on any atom is -0.323 e. The van der Waals surface area contributed by atoms with Crippen molar-refractivity contribution < 1.29 is 9.59 Å². The van der Waals surface area contributed by atoms with Gasteiger partial charge in [0.05, 0.1) is 6.67 Å². The van der Waals surface area contributed by atoms with Gasteiger partial charge in [0, 0.05) is 32.7 Å². The first-order valence-electron chi connectivity index (χ1n) is 11.6. The first-order valence-corrected chi connectivity index (χ1v) is 11.6. The highest BCUT2D eigenvalue weighted by Gasteiger charge is 2.55. The molecule has 6 heteroatoms. The van der Waals surface area contributed by atoms with Gasteiger partial charge in [-0.1, -0.05) is 62.2 Å². The van der Waals surface area contributed by atoms with E-state index in [2.05, 4.69) is 64.5 Å². The van der Waals surface area contributed by atoms with Gasteiger partial charge in [0.25, 0.3) is 5.91 Å². The summed E-state index contributed by atoms with van der Waals surface area (Å²) in [6.45, 7) is 7.05. The van der Waals surface area contributed by atoms with E-state index < -0.39 is 5.54 Å². The van der Waals surface area contributed by atoms with Crippen molar-refractivity contribution in [3.05, 3.63) is 48.0 Å². The van der Waals surface area contributed by atoms with E-state index >= 15 is 0 Å². The lowest BCUT2D eigenvalue weighted by atomic mass is 9.73. The molecule has 2 atom stereocenters. The molecule has 0 unspecified atom stereocenters. The van der Waals surface area contributed by atoms with Gasteiger partial charge in [-0.2, -0.15) is 0 Å². The number of imide groups is 1. The van der Waals surface area contributed by atoms with Crippen molar-refractivity contribution in [2.75, 3.05) is 32.8 Å². The zero-order valence-corrected chi connectivity index (χ0v) is 18.3. The lowest BCUT2D eigenvalue weighted by Gasteiger charge is -2.38. The molecule has 2 aromatic rings. The fraction of sp³-hybridized carbons (Fsp3) is 0.520. The van der Waals surface area contributed by atoms with Gasteiger partial charge in [-0.25, -0.2) is 9.69 Å². The van der Waals surface area contributed by atoms with Crippen LogP contribution >= 0.6 is 0 Å². The molecule has 1 saturated carbocycles. The smallest absolute Gasteiger partial charge is 0.323 e. The molecule has 3 aliphatic rings. The van der Waals surface area contributed by atoms with Crippen molar-refractivity contribution in [2.45, 2.75) is 44.7 Å². The number of fused-ring (bicyclic) bond motifs is 1. The van der Waals surface area contributed by atoms with E-state index in [0.29, 0.717) is 6.67 Å². The first kappa shape index (κ1) is 20.5. The molecule has 5 rings (SSSR count). The van der Waals surface area contributed by atoms with E-state index in [1.54, 1.807) is 0 Å². The number of hydrogen-bond donors (Lipinski definition) is 1. The largest absolute Gasteiger partial charge is 0.326 e. The van der Waals surface area contributed by atoms with Crippen LogP contribution in [0.1, 0.15) is 38.2 Å². The Labute approximate surface area is 184 Å². The maximum Gasteiger partial charge on any atom is 0.326 e. The zero-order chi connectivity index (χ0) is 21.4. The number of hydrogen-bond acceptors (Lipinski definition) is 4. The molecule has 2 aromatic carbocycles. The van der Waals surface area contributed by atoms with Crippen LogP contribution in [-0.2, 0) is 11.3 Å². The van der Waals surface area contributed by atoms with Gasteiger partial charge >= 0.3 is 6.03 Å². The van der Waals surface area contributed by atoms with Crippen molar-refractivity contribution in [1.29, 1.82) is 0 Å². The molecule has 2 aliphatic heterocycles. The van der Waals surface area contributed by atoms with E-state index in [0.717, 1.165) is 58.4 Å². The Morgan fingerprint density at radius 1 is 0.968 bits per heavy atom. The summed E-state index contributed by atoms with van der Waals surface area (Å²) in [6, 6.07) is 14.8. The van der Waals surface area contributed by atoms with Gasteiger partial charge in [-0.05, 0) is 35.1 Å². The molecule has 31 heavy (non-hydrogen) atoms.